The van der Waals surface area contributed by atoms with Gasteiger partial charge in [-0.25, -0.2) is 4.98 Å². The second kappa shape index (κ2) is 13.5. The van der Waals surface area contributed by atoms with Gasteiger partial charge in [0.2, 0.25) is 0 Å². The number of fused-ring (bicyclic) bond motifs is 3. The molecule has 0 saturated carbocycles. The van der Waals surface area contributed by atoms with Crippen molar-refractivity contribution in [1.82, 2.24) is 9.97 Å². The molecule has 0 aliphatic heterocycles. The van der Waals surface area contributed by atoms with Gasteiger partial charge in [-0.15, -0.1) is 0 Å². The molecule has 6 aromatic carbocycles. The molecule has 5 heteroatoms. The van der Waals surface area contributed by atoms with E-state index in [0.29, 0.717) is 0 Å². The predicted octanol–water partition coefficient (Wildman–Crippen LogP) is 11.2. The Morgan fingerprint density at radius 2 is 1.08 bits per heavy atom. The van der Waals surface area contributed by atoms with E-state index in [1.165, 1.54) is 32.7 Å². The maximum absolute atomic E-state index is 8.19. The third-order valence-electron chi connectivity index (χ3n) is 9.19. The smallest absolute Gasteiger partial charge is 0.0795 e. The SMILES string of the molecule is N=C1C=CC(c2c3ccccc3c(-c3ccc4ccccc4c3)c3ccccc23)=CC1=N.Nc1ccc(-c2cccc(-c3cccnc3)n2)cc1. The van der Waals surface area contributed by atoms with Gasteiger partial charge >= 0.3 is 0 Å². The Bertz CT molecular complexity index is 2610. The standard InChI is InChI=1S/C30H20N2.C16H13N3/c31-27-16-15-22(18-28(27)32)30-25-11-5-3-9-23(25)29(24-10-4-6-12-26(24)30)21-14-13-19-7-1-2-8-20(19)17-21;17-14-8-6-12(7-9-14)15-4-1-5-16(19-15)13-3-2-10-18-11-13/h1-18,31-32H;1-11H,17H2. The highest BCUT2D eigenvalue weighted by Gasteiger charge is 2.19. The Labute approximate surface area is 296 Å². The van der Waals surface area contributed by atoms with Gasteiger partial charge in [0.15, 0.2) is 0 Å². The van der Waals surface area contributed by atoms with Crippen LogP contribution in [0.15, 0.2) is 176 Å². The van der Waals surface area contributed by atoms with Crippen LogP contribution in [-0.2, 0) is 0 Å². The molecule has 0 radical (unpaired) electrons. The molecule has 1 aliphatic carbocycles. The van der Waals surface area contributed by atoms with Gasteiger partial charge in [0.1, 0.15) is 0 Å². The minimum atomic E-state index is 0.245. The second-order valence-corrected chi connectivity index (χ2v) is 12.4. The Kier molecular flexibility index (Phi) is 8.28. The Morgan fingerprint density at radius 1 is 0.471 bits per heavy atom. The molecule has 0 amide bonds. The van der Waals surface area contributed by atoms with Crippen LogP contribution in [0.3, 0.4) is 0 Å². The van der Waals surface area contributed by atoms with E-state index in [0.717, 1.165) is 50.1 Å². The summed E-state index contributed by atoms with van der Waals surface area (Å²) < 4.78 is 0. The van der Waals surface area contributed by atoms with Gasteiger partial charge in [0.25, 0.3) is 0 Å². The Morgan fingerprint density at radius 3 is 1.73 bits per heavy atom. The first-order valence-electron chi connectivity index (χ1n) is 16.8. The maximum atomic E-state index is 8.19. The van der Waals surface area contributed by atoms with Gasteiger partial charge in [-0.2, -0.15) is 0 Å². The van der Waals surface area contributed by atoms with Crippen molar-refractivity contribution >= 4 is 55.0 Å². The van der Waals surface area contributed by atoms with Crippen molar-refractivity contribution in [3.05, 3.63) is 182 Å². The van der Waals surface area contributed by atoms with Crippen LogP contribution in [0.2, 0.25) is 0 Å². The number of benzene rings is 6. The molecule has 242 valence electrons. The zero-order valence-corrected chi connectivity index (χ0v) is 27.7. The topological polar surface area (TPSA) is 99.5 Å². The number of nitrogens with two attached hydrogens (primary N) is 1. The van der Waals surface area contributed by atoms with E-state index in [9.17, 15) is 0 Å². The average Bonchev–Trinajstić information content (AvgIpc) is 3.19. The fourth-order valence-corrected chi connectivity index (χ4v) is 6.72. The highest BCUT2D eigenvalue weighted by molar-refractivity contribution is 6.50. The number of anilines is 1. The van der Waals surface area contributed by atoms with Crippen LogP contribution in [0.4, 0.5) is 5.69 Å². The molecule has 0 atom stereocenters. The molecular formula is C46H33N5. The highest BCUT2D eigenvalue weighted by atomic mass is 14.7. The highest BCUT2D eigenvalue weighted by Crippen LogP contribution is 2.43. The van der Waals surface area contributed by atoms with Crippen LogP contribution in [-0.4, -0.2) is 21.4 Å². The molecule has 2 aromatic heterocycles. The van der Waals surface area contributed by atoms with E-state index in [2.05, 4.69) is 101 Å². The van der Waals surface area contributed by atoms with Gasteiger partial charge in [-0.1, -0.05) is 109 Å². The van der Waals surface area contributed by atoms with E-state index in [4.69, 9.17) is 16.6 Å². The van der Waals surface area contributed by atoms with E-state index in [1.807, 2.05) is 72.9 Å². The number of nitrogens with one attached hydrogen (secondary N) is 2. The van der Waals surface area contributed by atoms with Crippen molar-refractivity contribution in [1.29, 1.82) is 10.8 Å². The number of nitrogens with zero attached hydrogens (tertiary/aromatic N) is 2. The molecule has 1 aliphatic rings. The summed E-state index contributed by atoms with van der Waals surface area (Å²) in [5, 5.41) is 23.3. The van der Waals surface area contributed by atoms with Crippen LogP contribution in [0.5, 0.6) is 0 Å². The normalized spacial score (nSPS) is 12.5. The Balaban J connectivity index is 0.000000168. The van der Waals surface area contributed by atoms with Crippen LogP contribution in [0.1, 0.15) is 5.56 Å². The molecule has 8 aromatic rings. The fraction of sp³-hybridized carbons (Fsp3) is 0. The molecule has 0 bridgehead atoms. The molecule has 0 spiro atoms. The summed E-state index contributed by atoms with van der Waals surface area (Å²) in [5.41, 5.74) is 15.4. The zero-order valence-electron chi connectivity index (χ0n) is 27.7. The van der Waals surface area contributed by atoms with Gasteiger partial charge in [-0.05, 0) is 109 Å². The summed E-state index contributed by atoms with van der Waals surface area (Å²) in [6.45, 7) is 0. The summed E-state index contributed by atoms with van der Waals surface area (Å²) in [6, 6.07) is 49.8. The van der Waals surface area contributed by atoms with Gasteiger partial charge in [0, 0.05) is 29.2 Å². The van der Waals surface area contributed by atoms with Crippen LogP contribution < -0.4 is 5.73 Å². The lowest BCUT2D eigenvalue weighted by Crippen LogP contribution is -2.10. The van der Waals surface area contributed by atoms with Crippen LogP contribution >= 0.6 is 0 Å². The predicted molar refractivity (Wildman–Crippen MR) is 214 cm³/mol. The molecule has 0 fully saturated rings. The summed E-state index contributed by atoms with van der Waals surface area (Å²) >= 11 is 0. The summed E-state index contributed by atoms with van der Waals surface area (Å²) in [6.07, 6.45) is 9.07. The number of nitrogen functional groups attached to an aromatic ring is 1. The lowest BCUT2D eigenvalue weighted by molar-refractivity contribution is 1.28. The first kappa shape index (κ1) is 31.3. The van der Waals surface area contributed by atoms with Crippen molar-refractivity contribution in [2.45, 2.75) is 0 Å². The third-order valence-corrected chi connectivity index (χ3v) is 9.19. The van der Waals surface area contributed by atoms with Crippen molar-refractivity contribution in [2.24, 2.45) is 0 Å². The minimum absolute atomic E-state index is 0.245. The number of pyridine rings is 2. The van der Waals surface area contributed by atoms with Crippen LogP contribution in [0.25, 0.3) is 71.5 Å². The molecule has 51 heavy (non-hydrogen) atoms. The quantitative estimate of drug-likeness (QED) is 0.0999. The molecule has 2 heterocycles. The Hall–Kier alpha value is -6.98. The van der Waals surface area contributed by atoms with Crippen molar-refractivity contribution in [2.75, 3.05) is 5.73 Å². The number of allylic oxidation sites excluding steroid dienone is 4. The van der Waals surface area contributed by atoms with E-state index < -0.39 is 0 Å². The average molecular weight is 656 g/mol. The van der Waals surface area contributed by atoms with Crippen molar-refractivity contribution < 1.29 is 0 Å². The van der Waals surface area contributed by atoms with E-state index in [1.54, 1.807) is 12.3 Å². The molecule has 9 rings (SSSR count). The van der Waals surface area contributed by atoms with Gasteiger partial charge in [-0.3, -0.25) is 15.8 Å². The maximum Gasteiger partial charge on any atom is 0.0795 e. The van der Waals surface area contributed by atoms with Gasteiger partial charge < -0.3 is 5.73 Å². The third kappa shape index (κ3) is 6.20. The minimum Gasteiger partial charge on any atom is -0.399 e. The largest absolute Gasteiger partial charge is 0.399 e. The van der Waals surface area contributed by atoms with E-state index >= 15 is 0 Å². The first-order valence-corrected chi connectivity index (χ1v) is 16.8. The molecule has 4 N–H and O–H groups in total. The first-order chi connectivity index (χ1) is 25.0. The van der Waals surface area contributed by atoms with Crippen LogP contribution in [0, 0.1) is 10.8 Å². The number of hydrogen-bond donors (Lipinski definition) is 3. The zero-order chi connectivity index (χ0) is 34.7. The monoisotopic (exact) mass is 655 g/mol. The van der Waals surface area contributed by atoms with Crippen molar-refractivity contribution in [3.63, 3.8) is 0 Å². The molecular weight excluding hydrogens is 623 g/mol. The molecule has 0 unspecified atom stereocenters. The number of hydrogen-bond acceptors (Lipinski definition) is 5. The summed E-state index contributed by atoms with van der Waals surface area (Å²) in [5.74, 6) is 0. The fourth-order valence-electron chi connectivity index (χ4n) is 6.72. The number of rotatable bonds is 4. The van der Waals surface area contributed by atoms with Crippen molar-refractivity contribution in [3.8, 4) is 33.6 Å². The lowest BCUT2D eigenvalue weighted by Gasteiger charge is -2.19. The molecule has 0 saturated heterocycles. The summed E-state index contributed by atoms with van der Waals surface area (Å²) in [7, 11) is 0. The second-order valence-electron chi connectivity index (χ2n) is 12.4. The number of aromatic nitrogens is 2. The lowest BCUT2D eigenvalue weighted by atomic mass is 9.84. The molecule has 5 nitrogen and oxygen atoms in total. The van der Waals surface area contributed by atoms with E-state index in [-0.39, 0.29) is 11.4 Å². The van der Waals surface area contributed by atoms with Gasteiger partial charge in [0.05, 0.1) is 22.8 Å². The summed E-state index contributed by atoms with van der Waals surface area (Å²) in [4.78, 5) is 8.78.